The van der Waals surface area contributed by atoms with E-state index < -0.39 is 6.04 Å². The van der Waals surface area contributed by atoms with Crippen LogP contribution in [0.1, 0.15) is 24.9 Å². The number of hydrogen-bond acceptors (Lipinski definition) is 4. The van der Waals surface area contributed by atoms with Gasteiger partial charge in [-0.05, 0) is 43.0 Å². The lowest BCUT2D eigenvalue weighted by molar-refractivity contribution is -0.123. The molecule has 0 bridgehead atoms. The number of aromatic nitrogens is 2. The smallest absolute Gasteiger partial charge is 0.237 e. The lowest BCUT2D eigenvalue weighted by Crippen LogP contribution is -2.42. The molecule has 0 fully saturated rings. The summed E-state index contributed by atoms with van der Waals surface area (Å²) in [4.78, 5) is 12.2. The lowest BCUT2D eigenvalue weighted by Gasteiger charge is -2.20. The highest BCUT2D eigenvalue weighted by atomic mass is 35.5. The molecule has 2 rings (SSSR count). The highest BCUT2D eigenvalue weighted by Gasteiger charge is 2.18. The van der Waals surface area contributed by atoms with Crippen LogP contribution >= 0.6 is 24.2 Å². The number of benzene rings is 1. The Morgan fingerprint density at radius 3 is 2.78 bits per heavy atom. The molecule has 0 saturated heterocycles. The van der Waals surface area contributed by atoms with Gasteiger partial charge >= 0.3 is 0 Å². The Balaban J connectivity index is 0.00000264. The second-order valence-corrected chi connectivity index (χ2v) is 6.11. The van der Waals surface area contributed by atoms with Gasteiger partial charge in [0.15, 0.2) is 0 Å². The summed E-state index contributed by atoms with van der Waals surface area (Å²) in [5.41, 5.74) is 7.89. The zero-order valence-electron chi connectivity index (χ0n) is 13.3. The van der Waals surface area contributed by atoms with Gasteiger partial charge in [0.1, 0.15) is 0 Å². The molecule has 1 aromatic carbocycles. The molecule has 1 amide bonds. The highest BCUT2D eigenvalue weighted by molar-refractivity contribution is 7.98. The van der Waals surface area contributed by atoms with Crippen molar-refractivity contribution in [2.45, 2.75) is 25.4 Å². The zero-order valence-corrected chi connectivity index (χ0v) is 14.9. The number of amides is 1. The van der Waals surface area contributed by atoms with E-state index in [4.69, 9.17) is 5.73 Å². The number of nitrogens with zero attached hydrogens (tertiary/aromatic N) is 2. The number of hydrogen-bond donors (Lipinski definition) is 2. The van der Waals surface area contributed by atoms with E-state index in [9.17, 15) is 4.79 Å². The largest absolute Gasteiger partial charge is 0.348 e. The monoisotopic (exact) mass is 354 g/mol. The van der Waals surface area contributed by atoms with Crippen LogP contribution in [0.25, 0.3) is 5.69 Å². The van der Waals surface area contributed by atoms with Crippen LogP contribution in [0, 0.1) is 0 Å². The Morgan fingerprint density at radius 1 is 1.39 bits per heavy atom. The van der Waals surface area contributed by atoms with Gasteiger partial charge in [0.25, 0.3) is 0 Å². The number of halogens is 1. The maximum Gasteiger partial charge on any atom is 0.237 e. The number of thioether (sulfide) groups is 1. The topological polar surface area (TPSA) is 72.9 Å². The fourth-order valence-electron chi connectivity index (χ4n) is 2.25. The average Bonchev–Trinajstić information content (AvgIpc) is 3.06. The zero-order chi connectivity index (χ0) is 15.9. The van der Waals surface area contributed by atoms with Crippen LogP contribution in [0.4, 0.5) is 0 Å². The maximum atomic E-state index is 12.2. The van der Waals surface area contributed by atoms with Crippen LogP contribution in [-0.2, 0) is 4.79 Å². The summed E-state index contributed by atoms with van der Waals surface area (Å²) >= 11 is 1.69. The predicted octanol–water partition coefficient (Wildman–Crippen LogP) is 2.55. The summed E-state index contributed by atoms with van der Waals surface area (Å²) in [5.74, 6) is 0.768. The molecule has 1 unspecified atom stereocenters. The van der Waals surface area contributed by atoms with Gasteiger partial charge in [-0.3, -0.25) is 4.79 Å². The minimum Gasteiger partial charge on any atom is -0.348 e. The van der Waals surface area contributed by atoms with Crippen molar-refractivity contribution >= 4 is 30.1 Å². The van der Waals surface area contributed by atoms with Crippen LogP contribution in [0.5, 0.6) is 0 Å². The van der Waals surface area contributed by atoms with Gasteiger partial charge in [0.05, 0.1) is 17.8 Å². The van der Waals surface area contributed by atoms with Crippen LogP contribution in [0.2, 0.25) is 0 Å². The van der Waals surface area contributed by atoms with E-state index in [-0.39, 0.29) is 24.4 Å². The second-order valence-electron chi connectivity index (χ2n) is 5.13. The van der Waals surface area contributed by atoms with Crippen LogP contribution < -0.4 is 11.1 Å². The molecule has 0 aliphatic heterocycles. The minimum absolute atomic E-state index is 0. The van der Waals surface area contributed by atoms with E-state index in [0.29, 0.717) is 6.42 Å². The van der Waals surface area contributed by atoms with Gasteiger partial charge in [-0.15, -0.1) is 12.4 Å². The molecule has 0 aliphatic carbocycles. The normalized spacial score (nSPS) is 13.0. The van der Waals surface area contributed by atoms with E-state index in [2.05, 4.69) is 10.4 Å². The lowest BCUT2D eigenvalue weighted by atomic mass is 10.1. The Kier molecular flexibility index (Phi) is 8.16. The standard InChI is InChI=1S/C16H22N4OS.ClH/c1-12(19-16(21)14(17)8-11-22-2)13-6-3-4-7-15(13)20-10-5-9-18-20;/h3-7,9-10,12,14H,8,11,17H2,1-2H3,(H,19,21);1H/t12?,14-;/m0./s1. The summed E-state index contributed by atoms with van der Waals surface area (Å²) in [6.45, 7) is 1.96. The molecule has 2 aromatic rings. The maximum absolute atomic E-state index is 12.2. The molecular weight excluding hydrogens is 332 g/mol. The molecule has 1 heterocycles. The van der Waals surface area contributed by atoms with Crippen LogP contribution in [0.3, 0.4) is 0 Å². The first-order chi connectivity index (χ1) is 10.6. The first kappa shape index (κ1) is 19.5. The molecule has 0 saturated carbocycles. The third kappa shape index (κ3) is 5.27. The Bertz CT molecular complexity index is 606. The molecule has 1 aromatic heterocycles. The Labute approximate surface area is 147 Å². The van der Waals surface area contributed by atoms with Gasteiger partial charge in [0.2, 0.25) is 5.91 Å². The molecule has 5 nitrogen and oxygen atoms in total. The van der Waals surface area contributed by atoms with Crippen molar-refractivity contribution in [1.82, 2.24) is 15.1 Å². The molecule has 7 heteroatoms. The van der Waals surface area contributed by atoms with Gasteiger partial charge in [0, 0.05) is 12.4 Å². The summed E-state index contributed by atoms with van der Waals surface area (Å²) in [7, 11) is 0. The SMILES string of the molecule is CSCC[C@H](N)C(=O)NC(C)c1ccccc1-n1cccn1.Cl. The van der Waals surface area contributed by atoms with Crippen LogP contribution in [-0.4, -0.2) is 33.7 Å². The van der Waals surface area contributed by atoms with Crippen LogP contribution in [0.15, 0.2) is 42.7 Å². The van der Waals surface area contributed by atoms with Crippen molar-refractivity contribution in [2.24, 2.45) is 5.73 Å². The molecule has 0 radical (unpaired) electrons. The molecular formula is C16H23ClN4OS. The van der Waals surface area contributed by atoms with E-state index >= 15 is 0 Å². The quantitative estimate of drug-likeness (QED) is 0.801. The van der Waals surface area contributed by atoms with Crippen molar-refractivity contribution in [3.8, 4) is 5.69 Å². The van der Waals surface area contributed by atoms with Gasteiger partial charge in [-0.1, -0.05) is 18.2 Å². The van der Waals surface area contributed by atoms with Gasteiger partial charge < -0.3 is 11.1 Å². The fraction of sp³-hybridized carbons (Fsp3) is 0.375. The summed E-state index contributed by atoms with van der Waals surface area (Å²) < 4.78 is 1.80. The minimum atomic E-state index is -0.466. The van der Waals surface area contributed by atoms with Crippen molar-refractivity contribution < 1.29 is 4.79 Å². The van der Waals surface area contributed by atoms with Crippen molar-refractivity contribution in [3.05, 3.63) is 48.3 Å². The first-order valence-electron chi connectivity index (χ1n) is 7.27. The average molecular weight is 355 g/mol. The van der Waals surface area contributed by atoms with E-state index in [1.54, 1.807) is 22.6 Å². The van der Waals surface area contributed by atoms with Gasteiger partial charge in [-0.25, -0.2) is 4.68 Å². The first-order valence-corrected chi connectivity index (χ1v) is 8.66. The highest BCUT2D eigenvalue weighted by Crippen LogP contribution is 2.21. The Hall–Kier alpha value is -1.50. The summed E-state index contributed by atoms with van der Waals surface area (Å²) in [6.07, 6.45) is 6.31. The van der Waals surface area contributed by atoms with Gasteiger partial charge in [-0.2, -0.15) is 16.9 Å². The molecule has 0 spiro atoms. The number of carbonyl (C=O) groups excluding carboxylic acids is 1. The molecule has 0 aliphatic rings. The molecule has 126 valence electrons. The van der Waals surface area contributed by atoms with E-state index in [1.807, 2.05) is 49.7 Å². The second kappa shape index (κ2) is 9.60. The third-order valence-corrected chi connectivity index (χ3v) is 4.13. The Morgan fingerprint density at radius 2 is 2.13 bits per heavy atom. The number of nitrogens with two attached hydrogens (primary N) is 1. The molecule has 3 N–H and O–H groups in total. The van der Waals surface area contributed by atoms with E-state index in [0.717, 1.165) is 17.0 Å². The van der Waals surface area contributed by atoms with E-state index in [1.165, 1.54) is 0 Å². The number of rotatable bonds is 7. The number of para-hydroxylation sites is 1. The molecule has 23 heavy (non-hydrogen) atoms. The van der Waals surface area contributed by atoms with Crippen molar-refractivity contribution in [3.63, 3.8) is 0 Å². The summed E-state index contributed by atoms with van der Waals surface area (Å²) in [6, 6.07) is 9.17. The number of carbonyl (C=O) groups is 1. The molecule has 2 atom stereocenters. The number of nitrogens with one attached hydrogen (secondary N) is 1. The predicted molar refractivity (Wildman–Crippen MR) is 98.3 cm³/mol. The summed E-state index contributed by atoms with van der Waals surface area (Å²) in [5, 5.41) is 7.25. The third-order valence-electron chi connectivity index (χ3n) is 3.48. The van der Waals surface area contributed by atoms with Crippen molar-refractivity contribution in [2.75, 3.05) is 12.0 Å². The van der Waals surface area contributed by atoms with Crippen molar-refractivity contribution in [1.29, 1.82) is 0 Å². The fourth-order valence-corrected chi connectivity index (χ4v) is 2.74.